The average molecular weight is 402 g/mol. The molecule has 1 aromatic carbocycles. The van der Waals surface area contributed by atoms with Gasteiger partial charge in [-0.05, 0) is 31.2 Å². The normalized spacial score (nSPS) is 27.8. The fraction of sp³-hybridized carbons (Fsp3) is 0.381. The standard InChI is InChI=1S/C21H22O8/c1-12(26-13(2)22)15(28-21(25)14-6-4-3-5-7-14)8-9-16-19(24)20-17(27-16)10-11-18(23)29-20/h3-12,15-17,19-20,24H,1-2H3/b9-8+/t12-,15+,16+,17-,19-,20+/m0/s1. The molecule has 0 unspecified atom stereocenters. The smallest absolute Gasteiger partial charge is 0.338 e. The minimum Gasteiger partial charge on any atom is -0.459 e. The van der Waals surface area contributed by atoms with Crippen LogP contribution in [0.3, 0.4) is 0 Å². The van der Waals surface area contributed by atoms with Crippen molar-refractivity contribution in [3.8, 4) is 0 Å². The summed E-state index contributed by atoms with van der Waals surface area (Å²) in [4.78, 5) is 35.1. The van der Waals surface area contributed by atoms with E-state index in [1.165, 1.54) is 31.2 Å². The van der Waals surface area contributed by atoms with Crippen LogP contribution in [-0.4, -0.2) is 59.6 Å². The molecule has 29 heavy (non-hydrogen) atoms. The Kier molecular flexibility index (Phi) is 6.46. The lowest BCUT2D eigenvalue weighted by Gasteiger charge is -2.22. The van der Waals surface area contributed by atoms with Gasteiger partial charge in [0.1, 0.15) is 24.4 Å². The van der Waals surface area contributed by atoms with Crippen LogP contribution in [0.1, 0.15) is 24.2 Å². The van der Waals surface area contributed by atoms with Crippen LogP contribution >= 0.6 is 0 Å². The molecule has 1 fully saturated rings. The van der Waals surface area contributed by atoms with E-state index >= 15 is 0 Å². The average Bonchev–Trinajstić information content (AvgIpc) is 3.00. The van der Waals surface area contributed by atoms with E-state index in [-0.39, 0.29) is 0 Å². The van der Waals surface area contributed by atoms with Crippen LogP contribution in [0.2, 0.25) is 0 Å². The van der Waals surface area contributed by atoms with Gasteiger partial charge in [-0.25, -0.2) is 9.59 Å². The Balaban J connectivity index is 1.72. The van der Waals surface area contributed by atoms with Crippen LogP contribution in [0.4, 0.5) is 0 Å². The van der Waals surface area contributed by atoms with E-state index in [9.17, 15) is 19.5 Å². The number of esters is 3. The number of rotatable bonds is 6. The second-order valence-corrected chi connectivity index (χ2v) is 6.75. The Morgan fingerprint density at radius 1 is 1.21 bits per heavy atom. The topological polar surface area (TPSA) is 108 Å². The van der Waals surface area contributed by atoms with Crippen molar-refractivity contribution in [2.45, 2.75) is 50.5 Å². The maximum absolute atomic E-state index is 12.4. The number of carbonyl (C=O) groups is 3. The van der Waals surface area contributed by atoms with Crippen molar-refractivity contribution in [1.82, 2.24) is 0 Å². The Morgan fingerprint density at radius 2 is 1.93 bits per heavy atom. The van der Waals surface area contributed by atoms with Gasteiger partial charge in [0, 0.05) is 13.0 Å². The van der Waals surface area contributed by atoms with Crippen molar-refractivity contribution >= 4 is 17.9 Å². The zero-order valence-electron chi connectivity index (χ0n) is 16.0. The van der Waals surface area contributed by atoms with Gasteiger partial charge in [-0.15, -0.1) is 0 Å². The van der Waals surface area contributed by atoms with Crippen LogP contribution in [0.15, 0.2) is 54.6 Å². The third-order valence-electron chi connectivity index (χ3n) is 4.54. The maximum atomic E-state index is 12.4. The molecule has 1 aromatic rings. The highest BCUT2D eigenvalue weighted by Crippen LogP contribution is 2.28. The molecule has 154 valence electrons. The monoisotopic (exact) mass is 402 g/mol. The first-order valence-electron chi connectivity index (χ1n) is 9.19. The Hall–Kier alpha value is -2.97. The van der Waals surface area contributed by atoms with Crippen molar-refractivity contribution in [2.24, 2.45) is 0 Å². The van der Waals surface area contributed by atoms with Gasteiger partial charge in [-0.1, -0.05) is 24.3 Å². The van der Waals surface area contributed by atoms with Crippen LogP contribution in [0.5, 0.6) is 0 Å². The molecule has 2 heterocycles. The number of carbonyl (C=O) groups excluding carboxylic acids is 3. The van der Waals surface area contributed by atoms with E-state index in [0.717, 1.165) is 0 Å². The van der Waals surface area contributed by atoms with E-state index in [1.807, 2.05) is 0 Å². The zero-order chi connectivity index (χ0) is 21.0. The highest BCUT2D eigenvalue weighted by Gasteiger charge is 2.45. The molecular formula is C21H22O8. The first kappa shape index (κ1) is 20.8. The molecule has 2 aliphatic heterocycles. The van der Waals surface area contributed by atoms with Crippen LogP contribution in [0, 0.1) is 0 Å². The molecule has 0 saturated carbocycles. The molecule has 0 amide bonds. The molecule has 8 heteroatoms. The van der Waals surface area contributed by atoms with Crippen molar-refractivity contribution in [2.75, 3.05) is 0 Å². The van der Waals surface area contributed by atoms with Gasteiger partial charge in [0.25, 0.3) is 0 Å². The van der Waals surface area contributed by atoms with E-state index < -0.39 is 54.5 Å². The zero-order valence-corrected chi connectivity index (χ0v) is 16.0. The Morgan fingerprint density at radius 3 is 2.62 bits per heavy atom. The number of ether oxygens (including phenoxy) is 4. The van der Waals surface area contributed by atoms with Gasteiger partial charge in [0.05, 0.1) is 5.56 Å². The van der Waals surface area contributed by atoms with Crippen molar-refractivity contribution in [3.05, 3.63) is 60.2 Å². The van der Waals surface area contributed by atoms with Crippen LogP contribution < -0.4 is 0 Å². The summed E-state index contributed by atoms with van der Waals surface area (Å²) in [7, 11) is 0. The molecule has 1 N–H and O–H groups in total. The highest BCUT2D eigenvalue weighted by molar-refractivity contribution is 5.89. The molecule has 0 bridgehead atoms. The van der Waals surface area contributed by atoms with Gasteiger partial charge in [-0.2, -0.15) is 0 Å². The summed E-state index contributed by atoms with van der Waals surface area (Å²) in [6, 6.07) is 8.39. The largest absolute Gasteiger partial charge is 0.459 e. The van der Waals surface area contributed by atoms with Gasteiger partial charge < -0.3 is 24.1 Å². The highest BCUT2D eigenvalue weighted by atomic mass is 16.6. The first-order chi connectivity index (χ1) is 13.8. The molecular weight excluding hydrogens is 380 g/mol. The Bertz CT molecular complexity index is 815. The second kappa shape index (κ2) is 9.02. The molecule has 0 aliphatic carbocycles. The van der Waals surface area contributed by atoms with Gasteiger partial charge in [0.15, 0.2) is 12.2 Å². The van der Waals surface area contributed by atoms with Crippen molar-refractivity contribution in [3.63, 3.8) is 0 Å². The summed E-state index contributed by atoms with van der Waals surface area (Å²) in [6.07, 6.45) is 0.848. The van der Waals surface area contributed by atoms with Crippen LogP contribution in [-0.2, 0) is 28.5 Å². The predicted molar refractivity (Wildman–Crippen MR) is 99.7 cm³/mol. The molecule has 8 nitrogen and oxygen atoms in total. The summed E-state index contributed by atoms with van der Waals surface area (Å²) < 4.78 is 21.4. The first-order valence-corrected chi connectivity index (χ1v) is 9.19. The fourth-order valence-corrected chi connectivity index (χ4v) is 3.12. The fourth-order valence-electron chi connectivity index (χ4n) is 3.12. The van der Waals surface area contributed by atoms with Gasteiger partial charge >= 0.3 is 17.9 Å². The van der Waals surface area contributed by atoms with Gasteiger partial charge in [-0.3, -0.25) is 4.79 Å². The minimum atomic E-state index is -1.08. The van der Waals surface area contributed by atoms with Gasteiger partial charge in [0.2, 0.25) is 0 Å². The number of fused-ring (bicyclic) bond motifs is 1. The SMILES string of the molecule is CC(=O)O[C@@H](C)[C@@H](/C=C/[C@H]1O[C@H]2C=CC(=O)O[C@H]2[C@H]1O)OC(=O)c1ccccc1. The minimum absolute atomic E-state index is 0.348. The molecule has 6 atom stereocenters. The quantitative estimate of drug-likeness (QED) is 0.431. The Labute approximate surface area is 167 Å². The third-order valence-corrected chi connectivity index (χ3v) is 4.54. The second-order valence-electron chi connectivity index (χ2n) is 6.75. The lowest BCUT2D eigenvalue weighted by molar-refractivity contribution is -0.150. The number of hydrogen-bond acceptors (Lipinski definition) is 8. The number of aliphatic hydroxyl groups is 1. The molecule has 1 saturated heterocycles. The van der Waals surface area contributed by atoms with E-state index in [1.54, 1.807) is 37.3 Å². The molecule has 3 rings (SSSR count). The van der Waals surface area contributed by atoms with Crippen LogP contribution in [0.25, 0.3) is 0 Å². The summed E-state index contributed by atoms with van der Waals surface area (Å²) in [6.45, 7) is 2.84. The summed E-state index contributed by atoms with van der Waals surface area (Å²) in [5.74, 6) is -1.65. The molecule has 0 aromatic heterocycles. The van der Waals surface area contributed by atoms with Crippen molar-refractivity contribution in [1.29, 1.82) is 0 Å². The maximum Gasteiger partial charge on any atom is 0.338 e. The lowest BCUT2D eigenvalue weighted by Crippen LogP contribution is -2.38. The summed E-state index contributed by atoms with van der Waals surface area (Å²) in [5, 5.41) is 10.4. The molecule has 0 spiro atoms. The third kappa shape index (κ3) is 5.10. The predicted octanol–water partition coefficient (Wildman–Crippen LogP) is 1.33. The van der Waals surface area contributed by atoms with E-state index in [2.05, 4.69) is 0 Å². The summed E-state index contributed by atoms with van der Waals surface area (Å²) in [5.41, 5.74) is 0.348. The number of aliphatic hydroxyl groups excluding tert-OH is 1. The van der Waals surface area contributed by atoms with E-state index in [0.29, 0.717) is 5.56 Å². The molecule has 2 aliphatic rings. The number of benzene rings is 1. The van der Waals surface area contributed by atoms with Crippen molar-refractivity contribution < 1.29 is 38.4 Å². The number of hydrogen-bond donors (Lipinski definition) is 1. The summed E-state index contributed by atoms with van der Waals surface area (Å²) >= 11 is 0. The molecule has 0 radical (unpaired) electrons. The lowest BCUT2D eigenvalue weighted by atomic mass is 10.0. The van der Waals surface area contributed by atoms with E-state index in [4.69, 9.17) is 18.9 Å².